The summed E-state index contributed by atoms with van der Waals surface area (Å²) in [6.45, 7) is 13.4. The van der Waals surface area contributed by atoms with E-state index >= 15 is 0 Å². The second-order valence-electron chi connectivity index (χ2n) is 5.07. The first-order valence-electron chi connectivity index (χ1n) is 4.68. The molecule has 2 fully saturated rings. The van der Waals surface area contributed by atoms with Gasteiger partial charge in [0.15, 0.2) is 0 Å². The van der Waals surface area contributed by atoms with Crippen LogP contribution in [0.15, 0.2) is 0 Å². The number of fused-ring (bicyclic) bond motifs is 1. The average molecular weight is 165 g/mol. The van der Waals surface area contributed by atoms with Gasteiger partial charge < -0.3 is 0 Å². The summed E-state index contributed by atoms with van der Waals surface area (Å²) in [5, 5.41) is 0. The Morgan fingerprint density at radius 3 is 2.42 bits per heavy atom. The Balaban J connectivity index is 2.14. The molecule has 1 saturated heterocycles. The number of likely N-dealkylation sites (tertiary alicyclic amines) is 1. The van der Waals surface area contributed by atoms with Gasteiger partial charge in [-0.15, -0.1) is 0 Å². The molecule has 1 heterocycles. The molecule has 0 bridgehead atoms. The molecule has 2 nitrogen and oxygen atoms in total. The molecule has 0 radical (unpaired) electrons. The molecule has 0 amide bonds. The Morgan fingerprint density at radius 2 is 2.17 bits per heavy atom. The van der Waals surface area contributed by atoms with E-state index < -0.39 is 0 Å². The fourth-order valence-corrected chi connectivity index (χ4v) is 2.42. The first-order chi connectivity index (χ1) is 5.49. The van der Waals surface area contributed by atoms with Crippen LogP contribution in [0.2, 0.25) is 0 Å². The molecule has 0 aromatic rings. The summed E-state index contributed by atoms with van der Waals surface area (Å²) >= 11 is 0. The van der Waals surface area contributed by atoms with Crippen molar-refractivity contribution in [3.8, 4) is 6.57 Å². The lowest BCUT2D eigenvalue weighted by atomic mass is 10.1. The van der Waals surface area contributed by atoms with Gasteiger partial charge in [-0.3, -0.25) is 4.90 Å². The van der Waals surface area contributed by atoms with Crippen LogP contribution >= 0.6 is 0 Å². The van der Waals surface area contributed by atoms with E-state index in [9.17, 15) is 0 Å². The van der Waals surface area contributed by atoms with Gasteiger partial charge in [0.25, 0.3) is 12.1 Å². The van der Waals surface area contributed by atoms with E-state index in [1.54, 1.807) is 0 Å². The number of hydrogen-bond acceptors (Lipinski definition) is 1. The van der Waals surface area contributed by atoms with Gasteiger partial charge in [0.05, 0.1) is 6.42 Å². The monoisotopic (exact) mass is 165 g/mol. The number of nitrogens with zero attached hydrogens (tertiary/aromatic N) is 2. The molecule has 66 valence electrons. The van der Waals surface area contributed by atoms with Gasteiger partial charge in [-0.1, -0.05) is 4.85 Å². The SMILES string of the molecule is C#[N+][C@]12CCN(C(C)(C)C)[C@H]1C2. The van der Waals surface area contributed by atoms with E-state index in [0.29, 0.717) is 6.04 Å². The van der Waals surface area contributed by atoms with Crippen molar-refractivity contribution in [3.63, 3.8) is 0 Å². The maximum Gasteiger partial charge on any atom is 0.299 e. The fourth-order valence-electron chi connectivity index (χ4n) is 2.42. The zero-order chi connectivity index (χ0) is 8.98. The summed E-state index contributed by atoms with van der Waals surface area (Å²) in [5.41, 5.74) is 0.445. The Bertz CT molecular complexity index is 246. The Kier molecular flexibility index (Phi) is 1.36. The van der Waals surface area contributed by atoms with E-state index in [-0.39, 0.29) is 11.1 Å². The maximum absolute atomic E-state index is 5.41. The third kappa shape index (κ3) is 0.895. The van der Waals surface area contributed by atoms with Crippen LogP contribution < -0.4 is 0 Å². The Morgan fingerprint density at radius 1 is 1.50 bits per heavy atom. The molecule has 0 aromatic heterocycles. The van der Waals surface area contributed by atoms with Crippen molar-refractivity contribution in [1.29, 1.82) is 0 Å². The van der Waals surface area contributed by atoms with Gasteiger partial charge in [-0.2, -0.15) is 0 Å². The second kappa shape index (κ2) is 2.03. The topological polar surface area (TPSA) is 7.60 Å². The van der Waals surface area contributed by atoms with Crippen molar-refractivity contribution in [2.45, 2.75) is 50.7 Å². The summed E-state index contributed by atoms with van der Waals surface area (Å²) in [5.74, 6) is 0. The molecule has 0 unspecified atom stereocenters. The fraction of sp³-hybridized carbons (Fsp3) is 0.900. The van der Waals surface area contributed by atoms with Gasteiger partial charge in [-0.05, 0) is 20.8 Å². The zero-order valence-corrected chi connectivity index (χ0v) is 8.17. The minimum atomic E-state index is 0.160. The summed E-state index contributed by atoms with van der Waals surface area (Å²) < 4.78 is 0. The maximum atomic E-state index is 5.41. The van der Waals surface area contributed by atoms with Crippen molar-refractivity contribution in [1.82, 2.24) is 4.90 Å². The summed E-state index contributed by atoms with van der Waals surface area (Å²) in [6, 6.07) is 0.641. The average Bonchev–Trinajstić information content (AvgIpc) is 2.55. The molecule has 2 rings (SSSR count). The van der Waals surface area contributed by atoms with E-state index in [1.807, 2.05) is 0 Å². The Labute approximate surface area is 74.4 Å². The van der Waals surface area contributed by atoms with E-state index in [4.69, 9.17) is 6.57 Å². The highest BCUT2D eigenvalue weighted by Crippen LogP contribution is 2.54. The molecule has 12 heavy (non-hydrogen) atoms. The molecule has 2 heteroatoms. The summed E-state index contributed by atoms with van der Waals surface area (Å²) in [6.07, 6.45) is 2.34. The lowest BCUT2D eigenvalue weighted by Crippen LogP contribution is -2.41. The van der Waals surface area contributed by atoms with Gasteiger partial charge in [0, 0.05) is 18.5 Å². The second-order valence-corrected chi connectivity index (χ2v) is 5.07. The van der Waals surface area contributed by atoms with Crippen molar-refractivity contribution in [2.24, 2.45) is 0 Å². The molecule has 0 spiro atoms. The summed E-state index contributed by atoms with van der Waals surface area (Å²) in [4.78, 5) is 6.55. The van der Waals surface area contributed by atoms with Crippen molar-refractivity contribution in [2.75, 3.05) is 6.54 Å². The van der Waals surface area contributed by atoms with Gasteiger partial charge in [0.2, 0.25) is 0 Å². The minimum absolute atomic E-state index is 0.160. The van der Waals surface area contributed by atoms with Crippen LogP contribution in [-0.2, 0) is 0 Å². The van der Waals surface area contributed by atoms with Crippen LogP contribution in [0.3, 0.4) is 0 Å². The predicted octanol–water partition coefficient (Wildman–Crippen LogP) is 1.96. The van der Waals surface area contributed by atoms with E-state index in [0.717, 1.165) is 13.0 Å². The van der Waals surface area contributed by atoms with Crippen LogP contribution in [0.1, 0.15) is 33.6 Å². The smallest absolute Gasteiger partial charge is 0.287 e. The number of rotatable bonds is 0. The normalized spacial score (nSPS) is 40.7. The molecule has 1 aliphatic carbocycles. The van der Waals surface area contributed by atoms with Crippen LogP contribution in [0.25, 0.3) is 4.85 Å². The van der Waals surface area contributed by atoms with Crippen LogP contribution in [0, 0.1) is 6.57 Å². The molecule has 0 N–H and O–H groups in total. The third-order valence-electron chi connectivity index (χ3n) is 3.29. The van der Waals surface area contributed by atoms with E-state index in [2.05, 4.69) is 30.5 Å². The van der Waals surface area contributed by atoms with Crippen LogP contribution in [0.4, 0.5) is 0 Å². The van der Waals surface area contributed by atoms with E-state index in [1.165, 1.54) is 6.42 Å². The quantitative estimate of drug-likeness (QED) is 0.532. The molecule has 1 aliphatic heterocycles. The molecule has 2 atom stereocenters. The van der Waals surface area contributed by atoms with Crippen LogP contribution in [-0.4, -0.2) is 28.6 Å². The predicted molar refractivity (Wildman–Crippen MR) is 50.5 cm³/mol. The molecular formula is C10H17N2+. The standard InChI is InChI=1S/C10H17N2/c1-9(2,3)12-6-5-10(11-4)7-8(10)12/h4,8H,5-7H2,1-3H3/q+1/t8-,10-/m0/s1. The lowest BCUT2D eigenvalue weighted by Gasteiger charge is -2.31. The lowest BCUT2D eigenvalue weighted by molar-refractivity contribution is 0.150. The zero-order valence-electron chi connectivity index (χ0n) is 8.17. The Hall–Kier alpha value is -0.550. The molecule has 2 aliphatic rings. The molecule has 0 aromatic carbocycles. The van der Waals surface area contributed by atoms with Crippen LogP contribution in [0.5, 0.6) is 0 Å². The highest BCUT2D eigenvalue weighted by molar-refractivity contribution is 5.29. The van der Waals surface area contributed by atoms with Crippen molar-refractivity contribution < 1.29 is 0 Å². The molecular weight excluding hydrogens is 148 g/mol. The number of piperidine rings is 1. The third-order valence-corrected chi connectivity index (χ3v) is 3.29. The number of hydrogen-bond donors (Lipinski definition) is 0. The van der Waals surface area contributed by atoms with Gasteiger partial charge in [-0.25, -0.2) is 0 Å². The minimum Gasteiger partial charge on any atom is -0.287 e. The van der Waals surface area contributed by atoms with Crippen molar-refractivity contribution in [3.05, 3.63) is 4.85 Å². The van der Waals surface area contributed by atoms with Gasteiger partial charge in [0.1, 0.15) is 6.04 Å². The highest BCUT2D eigenvalue weighted by Gasteiger charge is 2.72. The molecule has 1 saturated carbocycles. The first-order valence-corrected chi connectivity index (χ1v) is 4.68. The summed E-state index contributed by atoms with van der Waals surface area (Å²) in [7, 11) is 0. The van der Waals surface area contributed by atoms with Gasteiger partial charge >= 0.3 is 0 Å². The largest absolute Gasteiger partial charge is 0.299 e. The first kappa shape index (κ1) is 8.07. The highest BCUT2D eigenvalue weighted by atomic mass is 15.3. The van der Waals surface area contributed by atoms with Crippen molar-refractivity contribution >= 4 is 0 Å².